The van der Waals surface area contributed by atoms with Crippen LogP contribution in [0.2, 0.25) is 5.02 Å². The molecule has 1 nitrogen and oxygen atoms in total. The number of benzene rings is 1. The van der Waals surface area contributed by atoms with Crippen LogP contribution in [0.3, 0.4) is 0 Å². The number of hydrogen-bond acceptors (Lipinski definition) is 1. The Hall–Kier alpha value is -0.250. The highest BCUT2D eigenvalue weighted by Crippen LogP contribution is 2.20. The molecule has 1 N–H and O–H groups in total. The lowest BCUT2D eigenvalue weighted by atomic mass is 10.3. The largest absolute Gasteiger partial charge is 0.340 e. The van der Waals surface area contributed by atoms with Gasteiger partial charge in [-0.2, -0.15) is 0 Å². The second kappa shape index (κ2) is 3.95. The molecular formula is C7H6ClNS2. The Bertz CT molecular complexity index is 275. The molecule has 0 bridgehead atoms. The van der Waals surface area contributed by atoms with Gasteiger partial charge in [-0.15, -0.1) is 12.6 Å². The molecule has 0 saturated carbocycles. The van der Waals surface area contributed by atoms with Gasteiger partial charge in [-0.25, -0.2) is 0 Å². The van der Waals surface area contributed by atoms with Crippen molar-refractivity contribution in [3.05, 3.63) is 29.3 Å². The van der Waals surface area contributed by atoms with Crippen molar-refractivity contribution in [2.45, 2.75) is 0 Å². The zero-order chi connectivity index (χ0) is 8.27. The van der Waals surface area contributed by atoms with Crippen LogP contribution in [0.25, 0.3) is 0 Å². The van der Waals surface area contributed by atoms with Crippen LogP contribution in [0.5, 0.6) is 0 Å². The highest BCUT2D eigenvalue weighted by molar-refractivity contribution is 8.11. The van der Waals surface area contributed by atoms with E-state index < -0.39 is 0 Å². The highest BCUT2D eigenvalue weighted by Gasteiger charge is 1.96. The molecule has 0 aromatic heterocycles. The van der Waals surface area contributed by atoms with E-state index >= 15 is 0 Å². The smallest absolute Gasteiger partial charge is 0.135 e. The minimum absolute atomic E-state index is 0.415. The lowest BCUT2D eigenvalue weighted by molar-refractivity contribution is 1.66. The van der Waals surface area contributed by atoms with Crippen molar-refractivity contribution < 1.29 is 0 Å². The third-order valence-corrected chi connectivity index (χ3v) is 1.66. The molecule has 1 aromatic rings. The molecule has 0 saturated heterocycles. The van der Waals surface area contributed by atoms with Gasteiger partial charge in [0.1, 0.15) is 4.32 Å². The van der Waals surface area contributed by atoms with E-state index in [1.165, 1.54) is 0 Å². The van der Waals surface area contributed by atoms with Crippen molar-refractivity contribution in [1.29, 1.82) is 0 Å². The summed E-state index contributed by atoms with van der Waals surface area (Å²) in [5.41, 5.74) is 0.786. The van der Waals surface area contributed by atoms with Crippen LogP contribution in [0.4, 0.5) is 5.69 Å². The van der Waals surface area contributed by atoms with Crippen molar-refractivity contribution in [3.8, 4) is 0 Å². The number of thiol groups is 1. The number of rotatable bonds is 1. The van der Waals surface area contributed by atoms with Crippen LogP contribution >= 0.6 is 36.4 Å². The predicted octanol–water partition coefficient (Wildman–Crippen LogP) is 2.97. The van der Waals surface area contributed by atoms with Crippen LogP contribution < -0.4 is 5.32 Å². The van der Waals surface area contributed by atoms with Crippen molar-refractivity contribution >= 4 is 46.5 Å². The Labute approximate surface area is 81.2 Å². The lowest BCUT2D eigenvalue weighted by Crippen LogP contribution is -2.00. The van der Waals surface area contributed by atoms with Crippen LogP contribution in [0.1, 0.15) is 0 Å². The summed E-state index contributed by atoms with van der Waals surface area (Å²) in [5.74, 6) is 0. The maximum atomic E-state index is 5.81. The molecule has 0 radical (unpaired) electrons. The fourth-order valence-electron chi connectivity index (χ4n) is 0.678. The van der Waals surface area contributed by atoms with Crippen molar-refractivity contribution in [2.75, 3.05) is 5.32 Å². The van der Waals surface area contributed by atoms with Gasteiger partial charge in [0, 0.05) is 0 Å². The number of para-hydroxylation sites is 1. The molecule has 0 aliphatic rings. The van der Waals surface area contributed by atoms with E-state index in [2.05, 4.69) is 17.9 Å². The zero-order valence-electron chi connectivity index (χ0n) is 5.54. The number of hydrogen-bond donors (Lipinski definition) is 2. The zero-order valence-corrected chi connectivity index (χ0v) is 8.01. The normalized spacial score (nSPS) is 9.27. The topological polar surface area (TPSA) is 12.0 Å². The first-order valence-electron chi connectivity index (χ1n) is 2.94. The van der Waals surface area contributed by atoms with E-state index in [0.29, 0.717) is 9.34 Å². The van der Waals surface area contributed by atoms with E-state index in [4.69, 9.17) is 23.8 Å². The van der Waals surface area contributed by atoms with Gasteiger partial charge in [0.15, 0.2) is 0 Å². The Morgan fingerprint density at radius 2 is 2.09 bits per heavy atom. The minimum atomic E-state index is 0.415. The van der Waals surface area contributed by atoms with Crippen LogP contribution in [-0.2, 0) is 0 Å². The average molecular weight is 204 g/mol. The molecular weight excluding hydrogens is 198 g/mol. The van der Waals surface area contributed by atoms with Gasteiger partial charge in [0.2, 0.25) is 0 Å². The highest BCUT2D eigenvalue weighted by atomic mass is 35.5. The van der Waals surface area contributed by atoms with Gasteiger partial charge < -0.3 is 5.32 Å². The van der Waals surface area contributed by atoms with Gasteiger partial charge in [-0.05, 0) is 12.1 Å². The van der Waals surface area contributed by atoms with Gasteiger partial charge in [0.25, 0.3) is 0 Å². The Morgan fingerprint density at radius 1 is 1.45 bits per heavy atom. The van der Waals surface area contributed by atoms with Gasteiger partial charge >= 0.3 is 0 Å². The first-order chi connectivity index (χ1) is 5.20. The molecule has 0 unspecified atom stereocenters. The molecule has 1 rings (SSSR count). The molecule has 0 aliphatic carbocycles. The Balaban J connectivity index is 2.86. The molecule has 0 heterocycles. The van der Waals surface area contributed by atoms with Crippen LogP contribution in [-0.4, -0.2) is 4.32 Å². The Morgan fingerprint density at radius 3 is 2.64 bits per heavy atom. The molecule has 0 atom stereocenters. The van der Waals surface area contributed by atoms with Crippen molar-refractivity contribution in [2.24, 2.45) is 0 Å². The third-order valence-electron chi connectivity index (χ3n) is 1.12. The van der Waals surface area contributed by atoms with Crippen molar-refractivity contribution in [1.82, 2.24) is 0 Å². The van der Waals surface area contributed by atoms with Gasteiger partial charge in [-0.1, -0.05) is 36.0 Å². The fourth-order valence-corrected chi connectivity index (χ4v) is 1.09. The molecule has 0 spiro atoms. The summed E-state index contributed by atoms with van der Waals surface area (Å²) in [5, 5.41) is 3.48. The molecule has 1 aromatic carbocycles. The first-order valence-corrected chi connectivity index (χ1v) is 4.18. The summed E-state index contributed by atoms with van der Waals surface area (Å²) < 4.78 is 0.415. The summed E-state index contributed by atoms with van der Waals surface area (Å²) in [4.78, 5) is 0. The monoisotopic (exact) mass is 203 g/mol. The number of anilines is 1. The number of nitrogens with one attached hydrogen (secondary N) is 1. The SMILES string of the molecule is S=C(S)Nc1ccccc1Cl. The maximum absolute atomic E-state index is 5.81. The molecule has 11 heavy (non-hydrogen) atoms. The second-order valence-corrected chi connectivity index (χ2v) is 3.48. The summed E-state index contributed by atoms with van der Waals surface area (Å²) in [6, 6.07) is 7.36. The standard InChI is InChI=1S/C7H6ClNS2/c8-5-3-1-2-4-6(5)9-7(10)11/h1-4H,(H2,9,10,11). The van der Waals surface area contributed by atoms with E-state index in [9.17, 15) is 0 Å². The lowest BCUT2D eigenvalue weighted by Gasteiger charge is -2.03. The van der Waals surface area contributed by atoms with Crippen LogP contribution in [0.15, 0.2) is 24.3 Å². The summed E-state index contributed by atoms with van der Waals surface area (Å²) in [7, 11) is 0. The average Bonchev–Trinajstić information content (AvgIpc) is 1.93. The third kappa shape index (κ3) is 2.69. The summed E-state index contributed by atoms with van der Waals surface area (Å²) in [6.45, 7) is 0. The molecule has 0 amide bonds. The fraction of sp³-hybridized carbons (Fsp3) is 0. The molecule has 0 aliphatic heterocycles. The van der Waals surface area contributed by atoms with Crippen molar-refractivity contribution in [3.63, 3.8) is 0 Å². The van der Waals surface area contributed by atoms with E-state index in [1.807, 2.05) is 18.2 Å². The number of halogens is 1. The molecule has 4 heteroatoms. The quantitative estimate of drug-likeness (QED) is 0.538. The van der Waals surface area contributed by atoms with Gasteiger partial charge in [-0.3, -0.25) is 0 Å². The number of thiocarbonyl (C=S) groups is 1. The Kier molecular flexibility index (Phi) is 3.17. The van der Waals surface area contributed by atoms with E-state index in [1.54, 1.807) is 6.07 Å². The van der Waals surface area contributed by atoms with E-state index in [-0.39, 0.29) is 0 Å². The van der Waals surface area contributed by atoms with Gasteiger partial charge in [0.05, 0.1) is 10.7 Å². The first kappa shape index (κ1) is 8.84. The summed E-state index contributed by atoms with van der Waals surface area (Å²) >= 11 is 14.5. The molecule has 58 valence electrons. The maximum Gasteiger partial charge on any atom is 0.135 e. The van der Waals surface area contributed by atoms with E-state index in [0.717, 1.165) is 5.69 Å². The predicted molar refractivity (Wildman–Crippen MR) is 56.7 cm³/mol. The van der Waals surface area contributed by atoms with Crippen LogP contribution in [0, 0.1) is 0 Å². The minimum Gasteiger partial charge on any atom is -0.340 e. The molecule has 0 fully saturated rings. The second-order valence-electron chi connectivity index (χ2n) is 1.91. The summed E-state index contributed by atoms with van der Waals surface area (Å²) in [6.07, 6.45) is 0.